The van der Waals surface area contributed by atoms with Crippen LogP contribution in [-0.4, -0.2) is 67.6 Å². The van der Waals surface area contributed by atoms with Gasteiger partial charge in [-0.3, -0.25) is 9.59 Å². The highest BCUT2D eigenvalue weighted by Gasteiger charge is 2.22. The lowest BCUT2D eigenvalue weighted by atomic mass is 10.3. The van der Waals surface area contributed by atoms with Crippen LogP contribution in [0.1, 0.15) is 13.8 Å². The van der Waals surface area contributed by atoms with Crippen LogP contribution in [-0.2, 0) is 26.1 Å². The molecule has 1 saturated heterocycles. The molecule has 2 aromatic rings. The van der Waals surface area contributed by atoms with Crippen molar-refractivity contribution in [3.05, 3.63) is 47.0 Å². The first-order chi connectivity index (χ1) is 14.8. The Labute approximate surface area is 181 Å². The van der Waals surface area contributed by atoms with Gasteiger partial charge in [-0.2, -0.15) is 4.31 Å². The lowest BCUT2D eigenvalue weighted by Crippen LogP contribution is -2.36. The number of pyridine rings is 2. The molecule has 11 heteroatoms. The maximum absolute atomic E-state index is 12.7. The number of aromatic nitrogens is 2. The van der Waals surface area contributed by atoms with Gasteiger partial charge in [0.05, 0.1) is 30.0 Å². The molecule has 0 saturated carbocycles. The summed E-state index contributed by atoms with van der Waals surface area (Å²) >= 11 is 0. The predicted octanol–water partition coefficient (Wildman–Crippen LogP) is 0.749. The number of hydrogen-bond donors (Lipinski definition) is 1. The monoisotopic (exact) mass is 449 g/mol. The van der Waals surface area contributed by atoms with Crippen LogP contribution in [0.25, 0.3) is 0 Å². The van der Waals surface area contributed by atoms with Gasteiger partial charge in [0.2, 0.25) is 15.9 Å². The summed E-state index contributed by atoms with van der Waals surface area (Å²) in [6.45, 7) is 6.61. The van der Waals surface area contributed by atoms with E-state index in [1.165, 1.54) is 16.6 Å². The highest BCUT2D eigenvalue weighted by molar-refractivity contribution is 7.89. The zero-order chi connectivity index (χ0) is 22.4. The zero-order valence-corrected chi connectivity index (χ0v) is 18.5. The number of morpholine rings is 1. The second kappa shape index (κ2) is 10.0. The Morgan fingerprint density at radius 1 is 1.16 bits per heavy atom. The first kappa shape index (κ1) is 22.9. The average Bonchev–Trinajstić information content (AvgIpc) is 2.77. The van der Waals surface area contributed by atoms with Crippen LogP contribution < -0.4 is 15.8 Å². The molecule has 1 amide bonds. The van der Waals surface area contributed by atoms with E-state index < -0.39 is 21.5 Å². The van der Waals surface area contributed by atoms with Gasteiger partial charge >= 0.3 is 0 Å². The lowest BCUT2D eigenvalue weighted by molar-refractivity contribution is -0.116. The van der Waals surface area contributed by atoms with Gasteiger partial charge in [0.1, 0.15) is 12.4 Å². The minimum atomic E-state index is -3.73. The number of hydrogen-bond acceptors (Lipinski definition) is 7. The number of carbonyl (C=O) groups excluding carboxylic acids is 1. The van der Waals surface area contributed by atoms with Crippen LogP contribution in [0.4, 0.5) is 11.5 Å². The fourth-order valence-electron chi connectivity index (χ4n) is 3.29. The molecule has 3 heterocycles. The Morgan fingerprint density at radius 3 is 2.48 bits per heavy atom. The summed E-state index contributed by atoms with van der Waals surface area (Å²) in [6.07, 6.45) is 2.75. The fraction of sp³-hybridized carbons (Fsp3) is 0.450. The Bertz CT molecular complexity index is 1060. The van der Waals surface area contributed by atoms with Crippen molar-refractivity contribution in [1.82, 2.24) is 13.9 Å². The van der Waals surface area contributed by atoms with Crippen LogP contribution in [0.2, 0.25) is 0 Å². The molecule has 1 fully saturated rings. The second-order valence-electron chi connectivity index (χ2n) is 6.97. The Morgan fingerprint density at radius 2 is 1.87 bits per heavy atom. The average molecular weight is 450 g/mol. The minimum absolute atomic E-state index is 0.0277. The third-order valence-corrected chi connectivity index (χ3v) is 7.01. The Kier molecular flexibility index (Phi) is 7.42. The van der Waals surface area contributed by atoms with Crippen molar-refractivity contribution in [2.24, 2.45) is 0 Å². The third kappa shape index (κ3) is 5.49. The molecule has 168 valence electrons. The molecular weight excluding hydrogens is 422 g/mol. The highest BCUT2D eigenvalue weighted by atomic mass is 32.2. The largest absolute Gasteiger partial charge is 0.378 e. The van der Waals surface area contributed by atoms with E-state index in [0.717, 1.165) is 29.5 Å². The van der Waals surface area contributed by atoms with Gasteiger partial charge < -0.3 is 19.5 Å². The number of carbonyl (C=O) groups is 1. The molecule has 0 atom stereocenters. The van der Waals surface area contributed by atoms with Gasteiger partial charge in [-0.25, -0.2) is 13.4 Å². The van der Waals surface area contributed by atoms with E-state index in [-0.39, 0.29) is 11.4 Å². The first-order valence-electron chi connectivity index (χ1n) is 10.1. The third-order valence-electron chi connectivity index (χ3n) is 4.98. The summed E-state index contributed by atoms with van der Waals surface area (Å²) in [5.41, 5.74) is 0.0245. The van der Waals surface area contributed by atoms with Gasteiger partial charge in [-0.15, -0.1) is 0 Å². The Balaban J connectivity index is 1.69. The van der Waals surface area contributed by atoms with Crippen LogP contribution in [0.15, 0.2) is 46.3 Å². The molecule has 10 nitrogen and oxygen atoms in total. The summed E-state index contributed by atoms with van der Waals surface area (Å²) in [7, 11) is -3.73. The topological polar surface area (TPSA) is 114 Å². The minimum Gasteiger partial charge on any atom is -0.378 e. The van der Waals surface area contributed by atoms with Gasteiger partial charge in [0, 0.05) is 38.4 Å². The quantitative estimate of drug-likeness (QED) is 0.633. The Hall–Kier alpha value is -2.76. The van der Waals surface area contributed by atoms with Crippen LogP contribution in [0, 0.1) is 0 Å². The second-order valence-corrected chi connectivity index (χ2v) is 8.91. The van der Waals surface area contributed by atoms with Gasteiger partial charge in [0.15, 0.2) is 0 Å². The normalized spacial score (nSPS) is 14.6. The molecule has 0 unspecified atom stereocenters. The molecule has 0 bridgehead atoms. The SMILES string of the molecule is CCN(CC)S(=O)(=O)c1ccc(=O)n(CC(=O)Nc2ccc(N3CCOCC3)nc2)c1. The van der Waals surface area contributed by atoms with Gasteiger partial charge in [-0.05, 0) is 18.2 Å². The van der Waals surface area contributed by atoms with Crippen molar-refractivity contribution in [3.63, 3.8) is 0 Å². The van der Waals surface area contributed by atoms with Crippen molar-refractivity contribution in [2.45, 2.75) is 25.3 Å². The van der Waals surface area contributed by atoms with Crippen molar-refractivity contribution in [1.29, 1.82) is 0 Å². The molecule has 31 heavy (non-hydrogen) atoms. The fourth-order valence-corrected chi connectivity index (χ4v) is 4.77. The number of nitrogens with one attached hydrogen (secondary N) is 1. The number of sulfonamides is 1. The van der Waals surface area contributed by atoms with Crippen molar-refractivity contribution in [3.8, 4) is 0 Å². The molecule has 2 aromatic heterocycles. The molecule has 0 spiro atoms. The van der Waals surface area contributed by atoms with Gasteiger partial charge in [-0.1, -0.05) is 13.8 Å². The van der Waals surface area contributed by atoms with Crippen molar-refractivity contribution >= 4 is 27.4 Å². The van der Waals surface area contributed by atoms with Crippen LogP contribution >= 0.6 is 0 Å². The molecule has 0 aliphatic carbocycles. The van der Waals surface area contributed by atoms with Crippen LogP contribution in [0.5, 0.6) is 0 Å². The number of nitrogens with zero attached hydrogens (tertiary/aromatic N) is 4. The number of amides is 1. The van der Waals surface area contributed by atoms with E-state index in [0.29, 0.717) is 32.0 Å². The smallest absolute Gasteiger partial charge is 0.251 e. The highest BCUT2D eigenvalue weighted by Crippen LogP contribution is 2.16. The van der Waals surface area contributed by atoms with Crippen molar-refractivity contribution < 1.29 is 17.9 Å². The van der Waals surface area contributed by atoms with Gasteiger partial charge in [0.25, 0.3) is 5.56 Å². The molecule has 1 aliphatic rings. The maximum atomic E-state index is 12.7. The lowest BCUT2D eigenvalue weighted by Gasteiger charge is -2.27. The zero-order valence-electron chi connectivity index (χ0n) is 17.7. The van der Waals surface area contributed by atoms with E-state index in [9.17, 15) is 18.0 Å². The van der Waals surface area contributed by atoms with E-state index in [2.05, 4.69) is 15.2 Å². The van der Waals surface area contributed by atoms with Crippen molar-refractivity contribution in [2.75, 3.05) is 49.6 Å². The van der Waals surface area contributed by atoms with E-state index in [4.69, 9.17) is 4.74 Å². The van der Waals surface area contributed by atoms with Crippen LogP contribution in [0.3, 0.4) is 0 Å². The number of anilines is 2. The first-order valence-corrected chi connectivity index (χ1v) is 11.6. The summed E-state index contributed by atoms with van der Waals surface area (Å²) in [6, 6.07) is 5.96. The predicted molar refractivity (Wildman–Crippen MR) is 117 cm³/mol. The summed E-state index contributed by atoms with van der Waals surface area (Å²) in [4.78, 5) is 31.0. The molecule has 3 rings (SSSR count). The number of ether oxygens (including phenoxy) is 1. The molecule has 0 radical (unpaired) electrons. The maximum Gasteiger partial charge on any atom is 0.251 e. The number of rotatable bonds is 8. The van der Waals surface area contributed by atoms with E-state index in [1.807, 2.05) is 6.07 Å². The van der Waals surface area contributed by atoms with E-state index in [1.54, 1.807) is 26.1 Å². The molecule has 1 N–H and O–H groups in total. The summed E-state index contributed by atoms with van der Waals surface area (Å²) in [5, 5.41) is 2.69. The van der Waals surface area contributed by atoms with E-state index >= 15 is 0 Å². The summed E-state index contributed by atoms with van der Waals surface area (Å²) < 4.78 is 33.1. The molecule has 0 aromatic carbocycles. The molecular formula is C20H27N5O5S. The summed E-state index contributed by atoms with van der Waals surface area (Å²) in [5.74, 6) is 0.340. The molecule has 1 aliphatic heterocycles. The standard InChI is InChI=1S/C20H27N5O5S/c1-3-25(4-2)31(28,29)17-6-8-20(27)24(14-17)15-19(26)22-16-5-7-18(21-13-16)23-9-11-30-12-10-23/h5-8,13-14H,3-4,9-12,15H2,1-2H3,(H,22,26).